The van der Waals surface area contributed by atoms with Gasteiger partial charge in [0, 0.05) is 17.1 Å². The Morgan fingerprint density at radius 3 is 2.63 bits per heavy atom. The van der Waals surface area contributed by atoms with Gasteiger partial charge in [0.1, 0.15) is 6.10 Å². The predicted octanol–water partition coefficient (Wildman–Crippen LogP) is 3.10. The number of ether oxygens (including phenoxy) is 1. The zero-order chi connectivity index (χ0) is 13.8. The van der Waals surface area contributed by atoms with Crippen LogP contribution in [0.5, 0.6) is 0 Å². The fourth-order valence-electron chi connectivity index (χ4n) is 1.91. The zero-order valence-electron chi connectivity index (χ0n) is 11.1. The summed E-state index contributed by atoms with van der Waals surface area (Å²) in [5.41, 5.74) is 2.29. The molecule has 96 valence electrons. The Kier molecular flexibility index (Phi) is 3.87. The topological polar surface area (TPSA) is 26.3 Å². The SMILES string of the molecule is C=CC(C)C1OC(=O)C(C)=C1C#Cc1ccccc1. The minimum Gasteiger partial charge on any atom is -0.453 e. The van der Waals surface area contributed by atoms with Gasteiger partial charge >= 0.3 is 5.97 Å². The molecule has 2 unspecified atom stereocenters. The zero-order valence-corrected chi connectivity index (χ0v) is 11.1. The highest BCUT2D eigenvalue weighted by atomic mass is 16.5. The average Bonchev–Trinajstić information content (AvgIpc) is 2.73. The van der Waals surface area contributed by atoms with Gasteiger partial charge in [-0.2, -0.15) is 0 Å². The first-order chi connectivity index (χ1) is 9.13. The van der Waals surface area contributed by atoms with Crippen molar-refractivity contribution in [2.75, 3.05) is 0 Å². The van der Waals surface area contributed by atoms with E-state index in [9.17, 15) is 4.79 Å². The van der Waals surface area contributed by atoms with Crippen molar-refractivity contribution in [2.45, 2.75) is 20.0 Å². The van der Waals surface area contributed by atoms with E-state index in [1.165, 1.54) is 0 Å². The van der Waals surface area contributed by atoms with Gasteiger partial charge in [0.25, 0.3) is 0 Å². The Bertz CT molecular complexity index is 585. The molecule has 0 spiro atoms. The first-order valence-corrected chi connectivity index (χ1v) is 6.25. The fourth-order valence-corrected chi connectivity index (χ4v) is 1.91. The van der Waals surface area contributed by atoms with Gasteiger partial charge in [-0.1, -0.05) is 43.0 Å². The minimum absolute atomic E-state index is 0.0569. The molecule has 2 atom stereocenters. The number of hydrogen-bond acceptors (Lipinski definition) is 2. The van der Waals surface area contributed by atoms with Gasteiger partial charge in [-0.3, -0.25) is 0 Å². The molecule has 0 amide bonds. The van der Waals surface area contributed by atoms with Crippen molar-refractivity contribution in [1.82, 2.24) is 0 Å². The monoisotopic (exact) mass is 252 g/mol. The van der Waals surface area contributed by atoms with Crippen molar-refractivity contribution in [3.05, 3.63) is 59.7 Å². The van der Waals surface area contributed by atoms with E-state index in [2.05, 4.69) is 18.4 Å². The molecule has 2 heteroatoms. The van der Waals surface area contributed by atoms with Gasteiger partial charge in [-0.05, 0) is 19.1 Å². The molecule has 2 rings (SSSR count). The molecule has 1 aromatic rings. The Morgan fingerprint density at radius 2 is 2.00 bits per heavy atom. The third-order valence-electron chi connectivity index (χ3n) is 3.19. The smallest absolute Gasteiger partial charge is 0.335 e. The lowest BCUT2D eigenvalue weighted by Gasteiger charge is -2.15. The van der Waals surface area contributed by atoms with Crippen molar-refractivity contribution in [3.8, 4) is 11.8 Å². The first-order valence-electron chi connectivity index (χ1n) is 6.25. The van der Waals surface area contributed by atoms with Crippen molar-refractivity contribution < 1.29 is 9.53 Å². The number of benzene rings is 1. The Labute approximate surface area is 113 Å². The van der Waals surface area contributed by atoms with E-state index in [1.54, 1.807) is 13.0 Å². The summed E-state index contributed by atoms with van der Waals surface area (Å²) in [5.74, 6) is 5.93. The molecule has 19 heavy (non-hydrogen) atoms. The summed E-state index contributed by atoms with van der Waals surface area (Å²) in [6.07, 6.45) is 1.47. The van der Waals surface area contributed by atoms with E-state index in [4.69, 9.17) is 4.74 Å². The Morgan fingerprint density at radius 1 is 1.32 bits per heavy atom. The summed E-state index contributed by atoms with van der Waals surface area (Å²) in [5, 5.41) is 0. The number of carbonyl (C=O) groups is 1. The number of rotatable bonds is 2. The maximum absolute atomic E-state index is 11.6. The van der Waals surface area contributed by atoms with Crippen LogP contribution < -0.4 is 0 Å². The summed E-state index contributed by atoms with van der Waals surface area (Å²) in [6.45, 7) is 7.47. The van der Waals surface area contributed by atoms with Crippen molar-refractivity contribution in [3.63, 3.8) is 0 Å². The van der Waals surface area contributed by atoms with Gasteiger partial charge in [0.15, 0.2) is 0 Å². The molecule has 0 aromatic heterocycles. The summed E-state index contributed by atoms with van der Waals surface area (Å²) in [7, 11) is 0. The van der Waals surface area contributed by atoms with E-state index in [1.807, 2.05) is 37.3 Å². The van der Waals surface area contributed by atoms with Crippen LogP contribution in [0.3, 0.4) is 0 Å². The van der Waals surface area contributed by atoms with Crippen LogP contribution in [-0.4, -0.2) is 12.1 Å². The predicted molar refractivity (Wildman–Crippen MR) is 75.3 cm³/mol. The standard InChI is InChI=1S/C17H16O2/c1-4-12(2)16-15(13(3)17(18)19-16)11-10-14-8-6-5-7-9-14/h4-9,12,16H,1H2,2-3H3. The van der Waals surface area contributed by atoms with Crippen molar-refractivity contribution >= 4 is 5.97 Å². The second-order valence-corrected chi connectivity index (χ2v) is 4.58. The van der Waals surface area contributed by atoms with E-state index >= 15 is 0 Å². The molecule has 0 N–H and O–H groups in total. The highest BCUT2D eigenvalue weighted by molar-refractivity contribution is 5.93. The van der Waals surface area contributed by atoms with Gasteiger partial charge in [-0.15, -0.1) is 6.58 Å². The second kappa shape index (κ2) is 5.58. The quantitative estimate of drug-likeness (QED) is 0.459. The number of hydrogen-bond donors (Lipinski definition) is 0. The molecule has 1 heterocycles. The molecule has 2 nitrogen and oxygen atoms in total. The third kappa shape index (κ3) is 2.77. The maximum atomic E-state index is 11.6. The highest BCUT2D eigenvalue weighted by Crippen LogP contribution is 2.27. The molecule has 0 fully saturated rings. The molecule has 0 saturated heterocycles. The molecule has 1 aromatic carbocycles. The third-order valence-corrected chi connectivity index (χ3v) is 3.19. The summed E-state index contributed by atoms with van der Waals surface area (Å²) < 4.78 is 5.34. The van der Waals surface area contributed by atoms with Crippen LogP contribution in [0, 0.1) is 17.8 Å². The van der Waals surface area contributed by atoms with E-state index in [0.29, 0.717) is 5.57 Å². The van der Waals surface area contributed by atoms with E-state index in [-0.39, 0.29) is 18.0 Å². The minimum atomic E-state index is -0.304. The fraction of sp³-hybridized carbons (Fsp3) is 0.235. The van der Waals surface area contributed by atoms with Crippen LogP contribution in [0.25, 0.3) is 0 Å². The van der Waals surface area contributed by atoms with E-state index in [0.717, 1.165) is 11.1 Å². The Hall–Kier alpha value is -2.27. The largest absolute Gasteiger partial charge is 0.453 e. The maximum Gasteiger partial charge on any atom is 0.335 e. The highest BCUT2D eigenvalue weighted by Gasteiger charge is 2.33. The van der Waals surface area contributed by atoms with Crippen LogP contribution in [0.15, 0.2) is 54.1 Å². The molecule has 1 aliphatic heterocycles. The second-order valence-electron chi connectivity index (χ2n) is 4.58. The summed E-state index contributed by atoms with van der Waals surface area (Å²) in [4.78, 5) is 11.6. The van der Waals surface area contributed by atoms with Crippen molar-refractivity contribution in [2.24, 2.45) is 5.92 Å². The molecule has 1 aliphatic rings. The van der Waals surface area contributed by atoms with E-state index < -0.39 is 0 Å². The van der Waals surface area contributed by atoms with Crippen molar-refractivity contribution in [1.29, 1.82) is 0 Å². The lowest BCUT2D eigenvalue weighted by atomic mass is 9.96. The average molecular weight is 252 g/mol. The number of cyclic esters (lactones) is 1. The van der Waals surface area contributed by atoms with Gasteiger partial charge < -0.3 is 4.74 Å². The molecular formula is C17H16O2. The molecule has 0 aliphatic carbocycles. The van der Waals surface area contributed by atoms with Gasteiger partial charge in [-0.25, -0.2) is 4.79 Å². The number of carbonyl (C=O) groups excluding carboxylic acids is 1. The molecule has 0 bridgehead atoms. The molecule has 0 radical (unpaired) electrons. The normalized spacial score (nSPS) is 19.5. The van der Waals surface area contributed by atoms with Gasteiger partial charge in [0.2, 0.25) is 0 Å². The van der Waals surface area contributed by atoms with Gasteiger partial charge in [0.05, 0.1) is 5.57 Å². The van der Waals surface area contributed by atoms with Crippen LogP contribution in [-0.2, 0) is 9.53 Å². The lowest BCUT2D eigenvalue weighted by molar-refractivity contribution is -0.140. The summed E-state index contributed by atoms with van der Waals surface area (Å²) >= 11 is 0. The lowest BCUT2D eigenvalue weighted by Crippen LogP contribution is -2.19. The van der Waals surface area contributed by atoms with Crippen LogP contribution in [0.1, 0.15) is 19.4 Å². The van der Waals surface area contributed by atoms with Crippen LogP contribution in [0.2, 0.25) is 0 Å². The first kappa shape index (κ1) is 13.2. The molecule has 0 saturated carbocycles. The Balaban J connectivity index is 2.33. The number of esters is 1. The van der Waals surface area contributed by atoms with Crippen LogP contribution >= 0.6 is 0 Å². The summed E-state index contributed by atoms with van der Waals surface area (Å²) in [6, 6.07) is 9.69. The van der Waals surface area contributed by atoms with Crippen LogP contribution in [0.4, 0.5) is 0 Å². The molecular weight excluding hydrogens is 236 g/mol.